The second-order valence-electron chi connectivity index (χ2n) is 6.28. The first kappa shape index (κ1) is 21.7. The van der Waals surface area contributed by atoms with Crippen molar-refractivity contribution in [2.24, 2.45) is 0 Å². The summed E-state index contributed by atoms with van der Waals surface area (Å²) in [5.74, 6) is -0.967. The minimum atomic E-state index is -0.242. The average Bonchev–Trinajstić information content (AvgIpc) is 2.59. The maximum atomic E-state index is 12.1. The summed E-state index contributed by atoms with van der Waals surface area (Å²) in [6.45, 7) is 5.55. The lowest BCUT2D eigenvalue weighted by atomic mass is 10.0. The zero-order chi connectivity index (χ0) is 21.2. The van der Waals surface area contributed by atoms with Gasteiger partial charge in [-0.25, -0.2) is 0 Å². The summed E-state index contributed by atoms with van der Waals surface area (Å²) in [6, 6.07) is 6.05. The number of carbonyl (C=O) groups excluding carboxylic acids is 4. The van der Waals surface area contributed by atoms with E-state index in [0.717, 1.165) is 21.6 Å². The summed E-state index contributed by atoms with van der Waals surface area (Å²) in [7, 11) is 2.27. The van der Waals surface area contributed by atoms with Gasteiger partial charge in [-0.2, -0.15) is 0 Å². The van der Waals surface area contributed by atoms with Gasteiger partial charge in [-0.05, 0) is 52.0 Å². The lowest BCUT2D eigenvalue weighted by Crippen LogP contribution is -2.06. The van der Waals surface area contributed by atoms with Crippen molar-refractivity contribution >= 4 is 56.1 Å². The number of Topliss-reactive ketones (excluding diaryl/α,β-unsaturated/α-hetero) is 4. The van der Waals surface area contributed by atoms with E-state index in [1.807, 2.05) is 0 Å². The van der Waals surface area contributed by atoms with Crippen LogP contribution in [0.3, 0.4) is 0 Å². The van der Waals surface area contributed by atoms with E-state index in [2.05, 4.69) is 0 Å². The molecule has 0 heterocycles. The fourth-order valence-corrected chi connectivity index (χ4v) is 5.53. The molecule has 0 unspecified atom stereocenters. The Morgan fingerprint density at radius 3 is 0.964 bits per heavy atom. The van der Waals surface area contributed by atoms with Crippen LogP contribution in [0.2, 0.25) is 0 Å². The van der Waals surface area contributed by atoms with E-state index < -0.39 is 0 Å². The Morgan fingerprint density at radius 1 is 0.571 bits per heavy atom. The van der Waals surface area contributed by atoms with E-state index in [9.17, 15) is 19.2 Å². The number of nitrogen functional groups attached to an aromatic ring is 2. The standard InChI is InChI=1S/C20H20N2O4S2/c1-9(23)15-5-13(21)6-16(10(2)24)19(15)27-28-20-17(11(3)25)7-14(22)8-18(20)12(4)26/h5-8H,21-22H2,1-4H3. The van der Waals surface area contributed by atoms with Gasteiger partial charge in [-0.15, -0.1) is 0 Å². The van der Waals surface area contributed by atoms with Crippen LogP contribution in [0, 0.1) is 0 Å². The smallest absolute Gasteiger partial charge is 0.161 e. The van der Waals surface area contributed by atoms with E-state index in [1.165, 1.54) is 52.0 Å². The molecule has 0 spiro atoms. The number of rotatable bonds is 7. The molecule has 146 valence electrons. The number of anilines is 2. The summed E-state index contributed by atoms with van der Waals surface area (Å²) in [5, 5.41) is 0. The lowest BCUT2D eigenvalue weighted by molar-refractivity contribution is 0.0992. The zero-order valence-electron chi connectivity index (χ0n) is 15.9. The van der Waals surface area contributed by atoms with Gasteiger partial charge in [0.25, 0.3) is 0 Å². The fraction of sp³-hybridized carbons (Fsp3) is 0.200. The number of hydrogen-bond acceptors (Lipinski definition) is 8. The second-order valence-corrected chi connectivity index (χ2v) is 8.43. The zero-order valence-corrected chi connectivity index (χ0v) is 17.5. The molecule has 0 saturated heterocycles. The van der Waals surface area contributed by atoms with Crippen LogP contribution in [-0.4, -0.2) is 23.1 Å². The number of benzene rings is 2. The van der Waals surface area contributed by atoms with Crippen molar-refractivity contribution in [3.63, 3.8) is 0 Å². The highest BCUT2D eigenvalue weighted by molar-refractivity contribution is 8.76. The summed E-state index contributed by atoms with van der Waals surface area (Å²) in [6.07, 6.45) is 0. The molecule has 2 rings (SSSR count). The second kappa shape index (κ2) is 8.62. The third kappa shape index (κ3) is 4.63. The SMILES string of the molecule is CC(=O)c1cc(N)cc(C(C)=O)c1SSc1c(C(C)=O)cc(N)cc1C(C)=O. The molecule has 0 aliphatic heterocycles. The van der Waals surface area contributed by atoms with E-state index in [0.29, 0.717) is 43.4 Å². The molecule has 0 saturated carbocycles. The lowest BCUT2D eigenvalue weighted by Gasteiger charge is -2.15. The van der Waals surface area contributed by atoms with Gasteiger partial charge in [0.2, 0.25) is 0 Å². The van der Waals surface area contributed by atoms with Crippen molar-refractivity contribution in [3.8, 4) is 0 Å². The Bertz CT molecular complexity index is 864. The fourth-order valence-electron chi connectivity index (χ4n) is 2.61. The number of hydrogen-bond donors (Lipinski definition) is 2. The molecule has 2 aromatic rings. The van der Waals surface area contributed by atoms with E-state index in [1.54, 1.807) is 0 Å². The van der Waals surface area contributed by atoms with Gasteiger partial charge in [0.1, 0.15) is 0 Å². The molecule has 2 aromatic carbocycles. The van der Waals surface area contributed by atoms with Crippen molar-refractivity contribution in [2.75, 3.05) is 11.5 Å². The largest absolute Gasteiger partial charge is 0.399 e. The molecule has 28 heavy (non-hydrogen) atoms. The molecular weight excluding hydrogens is 396 g/mol. The van der Waals surface area contributed by atoms with Crippen molar-refractivity contribution in [3.05, 3.63) is 46.5 Å². The predicted octanol–water partition coefficient (Wildman–Crippen LogP) is 4.46. The molecule has 8 heteroatoms. The van der Waals surface area contributed by atoms with Gasteiger partial charge in [-0.1, -0.05) is 21.6 Å². The van der Waals surface area contributed by atoms with Crippen LogP contribution >= 0.6 is 21.6 Å². The third-order valence-electron chi connectivity index (χ3n) is 3.95. The van der Waals surface area contributed by atoms with Crippen molar-refractivity contribution < 1.29 is 19.2 Å². The van der Waals surface area contributed by atoms with Crippen LogP contribution in [0.15, 0.2) is 34.1 Å². The molecule has 0 fully saturated rings. The Balaban J connectivity index is 2.62. The Hall–Kier alpha value is -2.58. The molecule has 0 atom stereocenters. The summed E-state index contributed by atoms with van der Waals surface area (Å²) < 4.78 is 0. The molecule has 0 aliphatic rings. The third-order valence-corrected chi connectivity index (χ3v) is 6.49. The average molecular weight is 417 g/mol. The maximum absolute atomic E-state index is 12.1. The molecule has 6 nitrogen and oxygen atoms in total. The van der Waals surface area contributed by atoms with Crippen molar-refractivity contribution in [1.29, 1.82) is 0 Å². The monoisotopic (exact) mass is 416 g/mol. The molecule has 0 radical (unpaired) electrons. The minimum Gasteiger partial charge on any atom is -0.399 e. The van der Waals surface area contributed by atoms with Gasteiger partial charge in [0.15, 0.2) is 23.1 Å². The molecule has 0 aromatic heterocycles. The highest BCUT2D eigenvalue weighted by Crippen LogP contribution is 2.45. The van der Waals surface area contributed by atoms with Crippen LogP contribution in [0.4, 0.5) is 11.4 Å². The van der Waals surface area contributed by atoms with Gasteiger partial charge in [0.05, 0.1) is 0 Å². The van der Waals surface area contributed by atoms with E-state index >= 15 is 0 Å². The van der Waals surface area contributed by atoms with E-state index in [4.69, 9.17) is 11.5 Å². The summed E-state index contributed by atoms with van der Waals surface area (Å²) in [4.78, 5) is 49.2. The van der Waals surface area contributed by atoms with Gasteiger partial charge >= 0.3 is 0 Å². The molecule has 0 aliphatic carbocycles. The number of ketones is 4. The van der Waals surface area contributed by atoms with Crippen LogP contribution < -0.4 is 11.5 Å². The van der Waals surface area contributed by atoms with Crippen molar-refractivity contribution in [2.45, 2.75) is 37.5 Å². The van der Waals surface area contributed by atoms with Crippen LogP contribution in [0.1, 0.15) is 69.1 Å². The first-order chi connectivity index (χ1) is 13.0. The summed E-state index contributed by atoms with van der Waals surface area (Å²) in [5.41, 5.74) is 13.5. The van der Waals surface area contributed by atoms with Gasteiger partial charge in [-0.3, -0.25) is 19.2 Å². The Kier molecular flexibility index (Phi) is 6.69. The van der Waals surface area contributed by atoms with Crippen LogP contribution in [0.25, 0.3) is 0 Å². The molecule has 0 bridgehead atoms. The van der Waals surface area contributed by atoms with Crippen molar-refractivity contribution in [1.82, 2.24) is 0 Å². The first-order valence-electron chi connectivity index (χ1n) is 8.28. The molecule has 0 amide bonds. The Labute approximate surface area is 170 Å². The first-order valence-corrected chi connectivity index (χ1v) is 10.4. The highest BCUT2D eigenvalue weighted by Gasteiger charge is 2.21. The predicted molar refractivity (Wildman–Crippen MR) is 113 cm³/mol. The Morgan fingerprint density at radius 2 is 0.786 bits per heavy atom. The normalized spacial score (nSPS) is 10.6. The van der Waals surface area contributed by atoms with Crippen LogP contribution in [0.5, 0.6) is 0 Å². The topological polar surface area (TPSA) is 120 Å². The highest BCUT2D eigenvalue weighted by atomic mass is 33.1. The van der Waals surface area contributed by atoms with E-state index in [-0.39, 0.29) is 23.1 Å². The summed E-state index contributed by atoms with van der Waals surface area (Å²) >= 11 is 0. The molecular formula is C20H20N2O4S2. The molecule has 4 N–H and O–H groups in total. The quantitative estimate of drug-likeness (QED) is 0.385. The minimum absolute atomic E-state index is 0.242. The maximum Gasteiger partial charge on any atom is 0.161 e. The van der Waals surface area contributed by atoms with Gasteiger partial charge < -0.3 is 11.5 Å². The van der Waals surface area contributed by atoms with Crippen LogP contribution in [-0.2, 0) is 0 Å². The van der Waals surface area contributed by atoms with Gasteiger partial charge in [0, 0.05) is 43.4 Å². The number of carbonyl (C=O) groups is 4. The number of nitrogens with two attached hydrogens (primary N) is 2.